The van der Waals surface area contributed by atoms with Gasteiger partial charge in [0.05, 0.1) is 22.8 Å². The number of thiazole rings is 1. The Morgan fingerprint density at radius 2 is 1.89 bits per heavy atom. The molecule has 0 saturated carbocycles. The van der Waals surface area contributed by atoms with Gasteiger partial charge in [-0.05, 0) is 38.3 Å². The molecule has 10 nitrogen and oxygen atoms in total. The number of piperidine rings is 1. The first-order valence-corrected chi connectivity index (χ1v) is 12.8. The number of nitrogens with one attached hydrogen (secondary N) is 2. The van der Waals surface area contributed by atoms with Crippen molar-refractivity contribution in [3.63, 3.8) is 0 Å². The van der Waals surface area contributed by atoms with Crippen molar-refractivity contribution in [2.24, 2.45) is 11.7 Å². The van der Waals surface area contributed by atoms with Crippen molar-refractivity contribution in [2.75, 3.05) is 29.9 Å². The van der Waals surface area contributed by atoms with Gasteiger partial charge in [-0.2, -0.15) is 13.2 Å². The number of carbonyl (C=O) groups excluding carboxylic acids is 2. The van der Waals surface area contributed by atoms with Gasteiger partial charge >= 0.3 is 6.18 Å². The molecule has 0 radical (unpaired) electrons. The van der Waals surface area contributed by atoms with Crippen LogP contribution in [-0.4, -0.2) is 51.4 Å². The van der Waals surface area contributed by atoms with E-state index in [1.165, 1.54) is 12.5 Å². The summed E-state index contributed by atoms with van der Waals surface area (Å²) in [5, 5.41) is 4.94. The molecule has 15 heteroatoms. The summed E-state index contributed by atoms with van der Waals surface area (Å²) in [5.41, 5.74) is 4.83. The van der Waals surface area contributed by atoms with Gasteiger partial charge in [-0.3, -0.25) is 9.59 Å². The van der Waals surface area contributed by atoms with Crippen LogP contribution in [0.3, 0.4) is 0 Å². The van der Waals surface area contributed by atoms with Crippen molar-refractivity contribution in [3.8, 4) is 0 Å². The summed E-state index contributed by atoms with van der Waals surface area (Å²) in [6.07, 6.45) is 0.636. The summed E-state index contributed by atoms with van der Waals surface area (Å²) < 4.78 is 39.2. The van der Waals surface area contributed by atoms with Crippen LogP contribution in [0.5, 0.6) is 0 Å². The van der Waals surface area contributed by atoms with Crippen LogP contribution >= 0.6 is 22.9 Å². The van der Waals surface area contributed by atoms with Gasteiger partial charge in [-0.1, -0.05) is 11.6 Å². The fraction of sp³-hybridized carbons (Fsp3) is 0.391. The van der Waals surface area contributed by atoms with E-state index in [0.29, 0.717) is 29.4 Å². The topological polar surface area (TPSA) is 139 Å². The zero-order valence-corrected chi connectivity index (χ0v) is 21.7. The van der Waals surface area contributed by atoms with Crippen molar-refractivity contribution in [2.45, 2.75) is 32.0 Å². The highest BCUT2D eigenvalue weighted by molar-refractivity contribution is 7.13. The smallest absolute Gasteiger partial charge is 0.356 e. The number of aromatic nitrogens is 4. The second kappa shape index (κ2) is 11.6. The fourth-order valence-corrected chi connectivity index (χ4v) is 4.90. The number of nitrogens with two attached hydrogens (primary N) is 1. The summed E-state index contributed by atoms with van der Waals surface area (Å²) in [5.74, 6) is -0.305. The van der Waals surface area contributed by atoms with Crippen molar-refractivity contribution >= 4 is 46.4 Å². The molecule has 1 aliphatic rings. The highest BCUT2D eigenvalue weighted by Crippen LogP contribution is 2.35. The molecule has 2 amide bonds. The average molecular weight is 569 g/mol. The monoisotopic (exact) mass is 568 g/mol. The van der Waals surface area contributed by atoms with Gasteiger partial charge in [-0.15, -0.1) is 11.3 Å². The van der Waals surface area contributed by atoms with E-state index in [-0.39, 0.29) is 16.4 Å². The largest absolute Gasteiger partial charge is 0.418 e. The zero-order chi connectivity index (χ0) is 27.4. The van der Waals surface area contributed by atoms with E-state index in [9.17, 15) is 22.8 Å². The van der Waals surface area contributed by atoms with Gasteiger partial charge in [0.2, 0.25) is 0 Å². The van der Waals surface area contributed by atoms with Crippen molar-refractivity contribution < 1.29 is 22.8 Å². The number of halogens is 4. The quantitative estimate of drug-likeness (QED) is 0.390. The highest BCUT2D eigenvalue weighted by atomic mass is 35.5. The van der Waals surface area contributed by atoms with Gasteiger partial charge in [0.25, 0.3) is 11.8 Å². The van der Waals surface area contributed by atoms with Crippen LogP contribution in [-0.2, 0) is 6.18 Å². The van der Waals surface area contributed by atoms with Crippen molar-refractivity contribution in [1.29, 1.82) is 0 Å². The number of pyridine rings is 1. The lowest BCUT2D eigenvalue weighted by molar-refractivity contribution is -0.137. The Hall–Kier alpha value is -3.36. The summed E-state index contributed by atoms with van der Waals surface area (Å²) in [6.45, 7) is 3.93. The number of hydrogen-bond acceptors (Lipinski definition) is 9. The van der Waals surface area contributed by atoms with Crippen molar-refractivity contribution in [3.05, 3.63) is 57.0 Å². The first kappa shape index (κ1) is 27.7. The number of amides is 2. The molecule has 1 aliphatic heterocycles. The van der Waals surface area contributed by atoms with E-state index in [1.807, 2.05) is 0 Å². The summed E-state index contributed by atoms with van der Waals surface area (Å²) in [6, 6.07) is 1.71. The van der Waals surface area contributed by atoms with Crippen LogP contribution in [0.1, 0.15) is 56.5 Å². The van der Waals surface area contributed by atoms with Crippen LogP contribution in [0.25, 0.3) is 0 Å². The van der Waals surface area contributed by atoms with E-state index >= 15 is 0 Å². The second-order valence-corrected chi connectivity index (χ2v) is 10.2. The van der Waals surface area contributed by atoms with E-state index in [0.717, 1.165) is 43.5 Å². The molecule has 4 rings (SSSR count). The molecule has 1 unspecified atom stereocenters. The molecule has 0 spiro atoms. The standard InChI is InChI=1S/C23H24ClF3N8O2S/c1-12(33-20(36)16-7-19(32-11-31-16)35-4-2-13(8-28)3-5-35)22-30-10-17(38-22)21(37)34-18-6-14(23(25,26)27)15(24)9-29-18/h6-7,9-13H,2-5,8,28H2,1H3,(H,33,36)(H,29,34,37). The SMILES string of the molecule is CC(NC(=O)c1cc(N2CCC(CN)CC2)ncn1)c1ncc(C(=O)Nc2cc(C(F)(F)F)c(Cl)cn2)s1. The first-order valence-electron chi connectivity index (χ1n) is 11.6. The number of hydrogen-bond donors (Lipinski definition) is 3. The Kier molecular flexibility index (Phi) is 8.43. The van der Waals surface area contributed by atoms with Gasteiger partial charge in [0, 0.05) is 25.4 Å². The number of carbonyl (C=O) groups is 2. The molecule has 1 fully saturated rings. The van der Waals surface area contributed by atoms with Crippen LogP contribution < -0.4 is 21.3 Å². The van der Waals surface area contributed by atoms with E-state index in [4.69, 9.17) is 17.3 Å². The van der Waals surface area contributed by atoms with Gasteiger partial charge in [0.1, 0.15) is 33.5 Å². The van der Waals surface area contributed by atoms with Gasteiger partial charge in [0.15, 0.2) is 0 Å². The lowest BCUT2D eigenvalue weighted by Crippen LogP contribution is -2.37. The molecule has 3 aromatic heterocycles. The molecular weight excluding hydrogens is 545 g/mol. The number of rotatable bonds is 7. The molecule has 0 aromatic carbocycles. The maximum Gasteiger partial charge on any atom is 0.418 e. The molecule has 38 heavy (non-hydrogen) atoms. The third-order valence-corrected chi connectivity index (χ3v) is 7.50. The minimum Gasteiger partial charge on any atom is -0.356 e. The fourth-order valence-electron chi connectivity index (χ4n) is 3.87. The van der Waals surface area contributed by atoms with Crippen molar-refractivity contribution in [1.82, 2.24) is 25.3 Å². The maximum atomic E-state index is 13.1. The zero-order valence-electron chi connectivity index (χ0n) is 20.1. The predicted molar refractivity (Wildman–Crippen MR) is 136 cm³/mol. The Morgan fingerprint density at radius 3 is 2.58 bits per heavy atom. The predicted octanol–water partition coefficient (Wildman–Crippen LogP) is 3.92. The van der Waals surface area contributed by atoms with Crippen LogP contribution in [0.4, 0.5) is 24.8 Å². The summed E-state index contributed by atoms with van der Waals surface area (Å²) in [4.78, 5) is 43.9. The molecule has 0 aliphatic carbocycles. The third-order valence-electron chi connectivity index (χ3n) is 6.02. The molecule has 1 atom stereocenters. The minimum absolute atomic E-state index is 0.122. The Bertz CT molecular complexity index is 1310. The molecular formula is C23H24ClF3N8O2S. The number of alkyl halides is 3. The van der Waals surface area contributed by atoms with E-state index < -0.39 is 34.6 Å². The minimum atomic E-state index is -4.70. The molecule has 1 saturated heterocycles. The molecule has 0 bridgehead atoms. The summed E-state index contributed by atoms with van der Waals surface area (Å²) in [7, 11) is 0. The normalized spacial score (nSPS) is 15.3. The van der Waals surface area contributed by atoms with Crippen LogP contribution in [0.15, 0.2) is 30.9 Å². The molecule has 3 aromatic rings. The van der Waals surface area contributed by atoms with E-state index in [2.05, 4.69) is 35.5 Å². The van der Waals surface area contributed by atoms with E-state index in [1.54, 1.807) is 13.0 Å². The molecule has 202 valence electrons. The summed E-state index contributed by atoms with van der Waals surface area (Å²) >= 11 is 6.55. The number of anilines is 2. The molecule has 4 N–H and O–H groups in total. The third kappa shape index (κ3) is 6.55. The Labute approximate surface area is 224 Å². The van der Waals surface area contributed by atoms with Crippen LogP contribution in [0, 0.1) is 5.92 Å². The Balaban J connectivity index is 1.38. The molecule has 4 heterocycles. The lowest BCUT2D eigenvalue weighted by atomic mass is 9.97. The van der Waals surface area contributed by atoms with Gasteiger partial charge in [-0.25, -0.2) is 19.9 Å². The van der Waals surface area contributed by atoms with Crippen LogP contribution in [0.2, 0.25) is 5.02 Å². The maximum absolute atomic E-state index is 13.1. The average Bonchev–Trinajstić information content (AvgIpc) is 3.40. The lowest BCUT2D eigenvalue weighted by Gasteiger charge is -2.32. The second-order valence-electron chi connectivity index (χ2n) is 8.69. The number of nitrogens with zero attached hydrogens (tertiary/aromatic N) is 5. The first-order chi connectivity index (χ1) is 18.0. The highest BCUT2D eigenvalue weighted by Gasteiger charge is 2.34. The Morgan fingerprint density at radius 1 is 1.16 bits per heavy atom. The van der Waals surface area contributed by atoms with Gasteiger partial charge < -0.3 is 21.3 Å².